The second kappa shape index (κ2) is 4.66. The lowest BCUT2D eigenvalue weighted by atomic mass is 9.50. The first-order chi connectivity index (χ1) is 11.2. The summed E-state index contributed by atoms with van der Waals surface area (Å²) >= 11 is 0. The molecule has 4 rings (SSSR count). The monoisotopic (exact) mass is 338 g/mol. The number of esters is 1. The van der Waals surface area contributed by atoms with Gasteiger partial charge in [0.1, 0.15) is 23.9 Å². The maximum atomic E-state index is 12.4. The third kappa shape index (κ3) is 1.57. The quantitative estimate of drug-likeness (QED) is 0.527. The van der Waals surface area contributed by atoms with Crippen LogP contribution in [0.3, 0.4) is 0 Å². The molecule has 7 nitrogen and oxygen atoms in total. The van der Waals surface area contributed by atoms with E-state index in [-0.39, 0.29) is 0 Å². The number of Topliss-reactive ketones (excluding diaryl/α,β-unsaturated/α-hetero) is 1. The van der Waals surface area contributed by atoms with Crippen LogP contribution in [0.4, 0.5) is 0 Å². The summed E-state index contributed by atoms with van der Waals surface area (Å²) in [5.41, 5.74) is -2.30. The predicted molar refractivity (Wildman–Crippen MR) is 79.9 cm³/mol. The highest BCUT2D eigenvalue weighted by molar-refractivity contribution is 6.00. The van der Waals surface area contributed by atoms with E-state index in [2.05, 4.69) is 0 Å². The van der Waals surface area contributed by atoms with Crippen LogP contribution < -0.4 is 0 Å². The lowest BCUT2D eigenvalue weighted by Crippen LogP contribution is -2.70. The molecule has 0 radical (unpaired) electrons. The molecule has 4 aliphatic rings. The molecule has 2 saturated heterocycles. The molecule has 2 unspecified atom stereocenters. The van der Waals surface area contributed by atoms with Gasteiger partial charge < -0.3 is 24.4 Å². The number of ketones is 1. The topological polar surface area (TPSA) is 106 Å². The first-order valence-corrected chi connectivity index (χ1v) is 8.22. The zero-order chi connectivity index (χ0) is 17.5. The molecule has 7 heteroatoms. The summed E-state index contributed by atoms with van der Waals surface area (Å²) in [7, 11) is 0. The highest BCUT2D eigenvalue weighted by atomic mass is 16.7. The molecule has 0 aromatic heterocycles. The Morgan fingerprint density at radius 3 is 2.71 bits per heavy atom. The van der Waals surface area contributed by atoms with E-state index in [4.69, 9.17) is 14.2 Å². The molecule has 132 valence electrons. The fourth-order valence-corrected chi connectivity index (χ4v) is 5.30. The maximum Gasteiger partial charge on any atom is 0.302 e. The number of hydrogen-bond donors (Lipinski definition) is 2. The molecule has 2 aliphatic heterocycles. The van der Waals surface area contributed by atoms with Crippen LogP contribution in [0.2, 0.25) is 0 Å². The van der Waals surface area contributed by atoms with E-state index < -0.39 is 59.2 Å². The molecule has 0 aromatic carbocycles. The van der Waals surface area contributed by atoms with Gasteiger partial charge in [-0.1, -0.05) is 6.92 Å². The van der Waals surface area contributed by atoms with Crippen LogP contribution in [-0.4, -0.2) is 65.2 Å². The first kappa shape index (κ1) is 16.2. The second-order valence-electron chi connectivity index (χ2n) is 7.65. The average molecular weight is 338 g/mol. The number of carbonyl (C=O) groups excluding carboxylic acids is 2. The molecular weight excluding hydrogens is 316 g/mol. The molecule has 3 fully saturated rings. The summed E-state index contributed by atoms with van der Waals surface area (Å²) in [6, 6.07) is 0. The lowest BCUT2D eigenvalue weighted by molar-refractivity contribution is -0.244. The van der Waals surface area contributed by atoms with Gasteiger partial charge in [-0.05, 0) is 25.0 Å². The zero-order valence-electron chi connectivity index (χ0n) is 13.9. The molecule has 7 atom stereocenters. The summed E-state index contributed by atoms with van der Waals surface area (Å²) in [6.07, 6.45) is -0.991. The Morgan fingerprint density at radius 1 is 1.50 bits per heavy atom. The van der Waals surface area contributed by atoms with Gasteiger partial charge in [0.2, 0.25) is 0 Å². The van der Waals surface area contributed by atoms with E-state index in [1.54, 1.807) is 13.0 Å². The van der Waals surface area contributed by atoms with Crippen LogP contribution in [0.1, 0.15) is 27.2 Å². The van der Waals surface area contributed by atoms with Crippen molar-refractivity contribution in [1.82, 2.24) is 0 Å². The van der Waals surface area contributed by atoms with E-state index in [0.29, 0.717) is 18.6 Å². The fraction of sp³-hybridized carbons (Fsp3) is 0.765. The summed E-state index contributed by atoms with van der Waals surface area (Å²) < 4.78 is 17.4. The molecule has 0 aromatic rings. The second-order valence-corrected chi connectivity index (χ2v) is 7.65. The Hall–Kier alpha value is -1.28. The normalized spacial score (nSPS) is 52.0. The molecular formula is C17H22O7. The number of hydrogen-bond acceptors (Lipinski definition) is 7. The molecule has 24 heavy (non-hydrogen) atoms. The van der Waals surface area contributed by atoms with Gasteiger partial charge in [-0.3, -0.25) is 9.59 Å². The van der Waals surface area contributed by atoms with Crippen molar-refractivity contribution in [3.8, 4) is 0 Å². The number of epoxide rings is 1. The van der Waals surface area contributed by atoms with Gasteiger partial charge >= 0.3 is 5.97 Å². The summed E-state index contributed by atoms with van der Waals surface area (Å²) in [5, 5.41) is 21.1. The minimum atomic E-state index is -1.39. The van der Waals surface area contributed by atoms with Crippen LogP contribution in [-0.2, 0) is 23.8 Å². The third-order valence-corrected chi connectivity index (χ3v) is 6.73. The molecule has 2 N–H and O–H groups in total. The number of aliphatic hydroxyl groups excluding tert-OH is 2. The maximum absolute atomic E-state index is 12.4. The van der Waals surface area contributed by atoms with Crippen molar-refractivity contribution in [3.63, 3.8) is 0 Å². The summed E-state index contributed by atoms with van der Waals surface area (Å²) in [5.74, 6) is -0.824. The number of fused-ring (bicyclic) bond motifs is 2. The highest BCUT2D eigenvalue weighted by Crippen LogP contribution is 2.71. The molecule has 2 heterocycles. The number of rotatable bonds is 2. The van der Waals surface area contributed by atoms with Gasteiger partial charge in [-0.2, -0.15) is 0 Å². The van der Waals surface area contributed by atoms with Gasteiger partial charge in [0.05, 0.1) is 24.7 Å². The minimum absolute atomic E-state index is 0.367. The Morgan fingerprint density at radius 2 is 2.17 bits per heavy atom. The smallest absolute Gasteiger partial charge is 0.302 e. The molecule has 1 spiro atoms. The average Bonchev–Trinajstić information content (AvgIpc) is 3.27. The number of carbonyl (C=O) groups is 2. The molecule has 1 saturated carbocycles. The van der Waals surface area contributed by atoms with Gasteiger partial charge in [-0.25, -0.2) is 0 Å². The lowest BCUT2D eigenvalue weighted by Gasteiger charge is -2.58. The Balaban J connectivity index is 1.87. The van der Waals surface area contributed by atoms with Crippen molar-refractivity contribution >= 4 is 11.8 Å². The largest absolute Gasteiger partial charge is 0.460 e. The fourth-order valence-electron chi connectivity index (χ4n) is 5.30. The van der Waals surface area contributed by atoms with Crippen molar-refractivity contribution in [2.75, 3.05) is 13.2 Å². The van der Waals surface area contributed by atoms with Gasteiger partial charge in [0.25, 0.3) is 0 Å². The standard InChI is InChI=1S/C17H22O7/c1-8-4-11-16(6-18,13(21)12(8)20)15(3)5-10(23-9(2)19)14(24-11)17(15)7-22-17/h4,10-11,13-14,18,21H,5-7H2,1-3H3/t10-,11?,13-,14?,15-,16-,17+/m1/s1. The first-order valence-electron chi connectivity index (χ1n) is 8.22. The van der Waals surface area contributed by atoms with Crippen molar-refractivity contribution < 1.29 is 34.0 Å². The molecule has 2 bridgehead atoms. The predicted octanol–water partition coefficient (Wildman–Crippen LogP) is -0.267. The molecule has 0 amide bonds. The van der Waals surface area contributed by atoms with E-state index in [1.807, 2.05) is 6.92 Å². The van der Waals surface area contributed by atoms with Gasteiger partial charge in [0, 0.05) is 12.3 Å². The van der Waals surface area contributed by atoms with E-state index in [9.17, 15) is 19.8 Å². The summed E-state index contributed by atoms with van der Waals surface area (Å²) in [4.78, 5) is 23.9. The van der Waals surface area contributed by atoms with Crippen LogP contribution in [0.25, 0.3) is 0 Å². The Labute approximate surface area is 139 Å². The Kier molecular flexibility index (Phi) is 3.15. The van der Waals surface area contributed by atoms with Crippen molar-refractivity contribution in [1.29, 1.82) is 0 Å². The zero-order valence-corrected chi connectivity index (χ0v) is 13.9. The van der Waals surface area contributed by atoms with E-state index in [0.717, 1.165) is 0 Å². The number of aliphatic hydroxyl groups is 2. The van der Waals surface area contributed by atoms with Crippen LogP contribution >= 0.6 is 0 Å². The summed E-state index contributed by atoms with van der Waals surface area (Å²) in [6.45, 7) is 4.83. The van der Waals surface area contributed by atoms with Crippen LogP contribution in [0.5, 0.6) is 0 Å². The number of ether oxygens (including phenoxy) is 3. The minimum Gasteiger partial charge on any atom is -0.460 e. The van der Waals surface area contributed by atoms with Gasteiger partial charge in [-0.15, -0.1) is 0 Å². The molecule has 2 aliphatic carbocycles. The van der Waals surface area contributed by atoms with Crippen LogP contribution in [0.15, 0.2) is 11.6 Å². The van der Waals surface area contributed by atoms with Crippen molar-refractivity contribution in [2.24, 2.45) is 10.8 Å². The van der Waals surface area contributed by atoms with Crippen molar-refractivity contribution in [2.45, 2.75) is 57.2 Å². The Bertz CT molecular complexity index is 651. The van der Waals surface area contributed by atoms with E-state index >= 15 is 0 Å². The SMILES string of the molecule is CC(=O)O[C@@H]1C[C@@]2(C)[C@]3(CO3)C1OC1C=C(C)C(=O)[C@@H](O)[C@@]12CO. The third-order valence-electron chi connectivity index (χ3n) is 6.73. The highest BCUT2D eigenvalue weighted by Gasteiger charge is 2.83. The van der Waals surface area contributed by atoms with Crippen LogP contribution in [0, 0.1) is 10.8 Å². The van der Waals surface area contributed by atoms with E-state index in [1.165, 1.54) is 6.92 Å². The van der Waals surface area contributed by atoms with Crippen molar-refractivity contribution in [3.05, 3.63) is 11.6 Å². The van der Waals surface area contributed by atoms with Gasteiger partial charge in [0.15, 0.2) is 5.78 Å².